The van der Waals surface area contributed by atoms with Gasteiger partial charge in [0.1, 0.15) is 5.82 Å². The number of hydrazine groups is 1. The lowest BCUT2D eigenvalue weighted by Gasteiger charge is -2.26. The quantitative estimate of drug-likeness (QED) is 0.618. The van der Waals surface area contributed by atoms with Crippen LogP contribution in [0.4, 0.5) is 5.13 Å². The number of nitrogen functional groups attached to an aromatic ring is 1. The Morgan fingerprint density at radius 1 is 1.41 bits per heavy atom. The maximum absolute atomic E-state index is 5.32. The van der Waals surface area contributed by atoms with E-state index in [-0.39, 0.29) is 0 Å². The van der Waals surface area contributed by atoms with E-state index in [9.17, 15) is 0 Å². The fraction of sp³-hybridized carbons (Fsp3) is 0.400. The monoisotopic (exact) mass is 250 g/mol. The molecule has 0 bridgehead atoms. The molecule has 3 N–H and O–H groups in total. The molecule has 3 rings (SSSR count). The van der Waals surface area contributed by atoms with Crippen molar-refractivity contribution >= 4 is 16.5 Å². The third-order valence-corrected chi connectivity index (χ3v) is 3.79. The Hall–Kier alpha value is -1.44. The molecule has 17 heavy (non-hydrogen) atoms. The van der Waals surface area contributed by atoms with Crippen LogP contribution in [0.15, 0.2) is 18.6 Å². The zero-order valence-corrected chi connectivity index (χ0v) is 10.2. The van der Waals surface area contributed by atoms with Crippen molar-refractivity contribution in [3.63, 3.8) is 0 Å². The van der Waals surface area contributed by atoms with Gasteiger partial charge in [-0.2, -0.15) is 0 Å². The minimum Gasteiger partial charge on any atom is -0.333 e. The first-order chi connectivity index (χ1) is 8.35. The number of nitrogens with zero attached hydrogens (tertiary/aromatic N) is 4. The molecule has 2 aromatic heterocycles. The van der Waals surface area contributed by atoms with Crippen LogP contribution in [0.2, 0.25) is 0 Å². The van der Waals surface area contributed by atoms with Gasteiger partial charge in [-0.3, -0.25) is 10.3 Å². The number of hydrogen-bond donors (Lipinski definition) is 2. The predicted molar refractivity (Wildman–Crippen MR) is 66.3 cm³/mol. The van der Waals surface area contributed by atoms with E-state index >= 15 is 0 Å². The fourth-order valence-electron chi connectivity index (χ4n) is 2.03. The second-order valence-electron chi connectivity index (χ2n) is 4.02. The molecule has 3 heterocycles. The molecular weight excluding hydrogens is 236 g/mol. The molecule has 0 atom stereocenters. The first kappa shape index (κ1) is 10.7. The number of thiazole rings is 1. The number of rotatable bonds is 3. The minimum absolute atomic E-state index is 0.763. The summed E-state index contributed by atoms with van der Waals surface area (Å²) in [5.74, 6) is 6.45. The Labute approximate surface area is 103 Å². The summed E-state index contributed by atoms with van der Waals surface area (Å²) in [6, 6.07) is 0. The normalized spacial score (nSPS) is 15.8. The van der Waals surface area contributed by atoms with E-state index < -0.39 is 0 Å². The second-order valence-corrected chi connectivity index (χ2v) is 5.14. The average Bonchev–Trinajstić information content (AvgIpc) is 2.96. The molecule has 0 saturated heterocycles. The Bertz CT molecular complexity index is 504. The number of nitrogens with two attached hydrogens (primary N) is 1. The summed E-state index contributed by atoms with van der Waals surface area (Å²) in [4.78, 5) is 12.1. The molecule has 0 amide bonds. The zero-order chi connectivity index (χ0) is 11.7. The molecule has 1 aliphatic rings. The third kappa shape index (κ3) is 2.17. The van der Waals surface area contributed by atoms with Crippen LogP contribution in [0, 0.1) is 0 Å². The van der Waals surface area contributed by atoms with Crippen molar-refractivity contribution < 1.29 is 0 Å². The Morgan fingerprint density at radius 2 is 2.35 bits per heavy atom. The van der Waals surface area contributed by atoms with Gasteiger partial charge in [0.2, 0.25) is 0 Å². The van der Waals surface area contributed by atoms with E-state index in [2.05, 4.69) is 24.9 Å². The van der Waals surface area contributed by atoms with Gasteiger partial charge in [0.05, 0.1) is 6.54 Å². The molecule has 0 unspecified atom stereocenters. The van der Waals surface area contributed by atoms with Gasteiger partial charge in [-0.25, -0.2) is 15.8 Å². The van der Waals surface area contributed by atoms with Crippen molar-refractivity contribution in [2.24, 2.45) is 5.84 Å². The van der Waals surface area contributed by atoms with E-state index in [1.165, 1.54) is 4.88 Å². The van der Waals surface area contributed by atoms with E-state index in [0.717, 1.165) is 37.1 Å². The lowest BCUT2D eigenvalue weighted by atomic mass is 10.3. The highest BCUT2D eigenvalue weighted by molar-refractivity contribution is 7.15. The maximum Gasteiger partial charge on any atom is 0.197 e. The average molecular weight is 250 g/mol. The van der Waals surface area contributed by atoms with Crippen LogP contribution in [-0.2, 0) is 19.6 Å². The van der Waals surface area contributed by atoms with Gasteiger partial charge < -0.3 is 4.57 Å². The lowest BCUT2D eigenvalue weighted by Crippen LogP contribution is -2.32. The van der Waals surface area contributed by atoms with E-state index in [0.29, 0.717) is 0 Å². The number of aromatic nitrogens is 3. The summed E-state index contributed by atoms with van der Waals surface area (Å²) in [6.45, 7) is 3.87. The largest absolute Gasteiger partial charge is 0.333 e. The van der Waals surface area contributed by atoms with Crippen molar-refractivity contribution in [3.8, 4) is 0 Å². The van der Waals surface area contributed by atoms with Crippen LogP contribution in [0.3, 0.4) is 0 Å². The molecule has 0 aromatic carbocycles. The maximum atomic E-state index is 5.32. The zero-order valence-electron chi connectivity index (χ0n) is 9.33. The molecule has 0 radical (unpaired) electrons. The molecule has 0 fully saturated rings. The van der Waals surface area contributed by atoms with Gasteiger partial charge in [-0.15, -0.1) is 0 Å². The summed E-state index contributed by atoms with van der Waals surface area (Å²) < 4.78 is 2.20. The smallest absolute Gasteiger partial charge is 0.197 e. The highest BCUT2D eigenvalue weighted by Gasteiger charge is 2.17. The second kappa shape index (κ2) is 4.44. The SMILES string of the molecule is NNc1ncc(CN2CCn3ccnc3C2)s1. The molecule has 0 aliphatic carbocycles. The van der Waals surface area contributed by atoms with Crippen molar-refractivity contribution in [2.45, 2.75) is 19.6 Å². The third-order valence-electron chi connectivity index (χ3n) is 2.88. The standard InChI is InChI=1S/C10H14N6S/c11-14-10-13-5-8(17-10)6-15-3-4-16-2-1-12-9(16)7-15/h1-2,5H,3-4,6-7,11H2,(H,13,14). The van der Waals surface area contributed by atoms with E-state index in [4.69, 9.17) is 5.84 Å². The van der Waals surface area contributed by atoms with Crippen LogP contribution in [0.1, 0.15) is 10.7 Å². The lowest BCUT2D eigenvalue weighted by molar-refractivity contribution is 0.210. The number of anilines is 1. The van der Waals surface area contributed by atoms with Crippen LogP contribution in [0.25, 0.3) is 0 Å². The first-order valence-corrected chi connectivity index (χ1v) is 6.30. The van der Waals surface area contributed by atoms with Crippen molar-refractivity contribution in [1.82, 2.24) is 19.4 Å². The molecule has 90 valence electrons. The summed E-state index contributed by atoms with van der Waals surface area (Å²) >= 11 is 1.59. The van der Waals surface area contributed by atoms with Gasteiger partial charge in [0.15, 0.2) is 5.13 Å². The molecule has 1 aliphatic heterocycles. The van der Waals surface area contributed by atoms with Gasteiger partial charge in [-0.1, -0.05) is 11.3 Å². The highest BCUT2D eigenvalue weighted by atomic mass is 32.1. The minimum atomic E-state index is 0.763. The van der Waals surface area contributed by atoms with Gasteiger partial charge >= 0.3 is 0 Å². The number of fused-ring (bicyclic) bond motifs is 1. The first-order valence-electron chi connectivity index (χ1n) is 5.49. The predicted octanol–water partition coefficient (Wildman–Crippen LogP) is 0.641. The Morgan fingerprint density at radius 3 is 3.18 bits per heavy atom. The molecule has 6 nitrogen and oxygen atoms in total. The molecule has 0 spiro atoms. The Kier molecular flexibility index (Phi) is 2.79. The van der Waals surface area contributed by atoms with E-state index in [1.807, 2.05) is 18.6 Å². The van der Waals surface area contributed by atoms with Crippen molar-refractivity contribution in [1.29, 1.82) is 0 Å². The van der Waals surface area contributed by atoms with E-state index in [1.54, 1.807) is 11.3 Å². The van der Waals surface area contributed by atoms with Crippen LogP contribution >= 0.6 is 11.3 Å². The summed E-state index contributed by atoms with van der Waals surface area (Å²) in [6.07, 6.45) is 5.78. The van der Waals surface area contributed by atoms with Crippen molar-refractivity contribution in [3.05, 3.63) is 29.3 Å². The summed E-state index contributed by atoms with van der Waals surface area (Å²) in [5.41, 5.74) is 2.57. The Balaban J connectivity index is 1.67. The summed E-state index contributed by atoms with van der Waals surface area (Å²) in [7, 11) is 0. The van der Waals surface area contributed by atoms with Crippen molar-refractivity contribution in [2.75, 3.05) is 12.0 Å². The topological polar surface area (TPSA) is 72.0 Å². The number of nitrogens with one attached hydrogen (secondary N) is 1. The fourth-order valence-corrected chi connectivity index (χ4v) is 2.79. The molecule has 7 heteroatoms. The van der Waals surface area contributed by atoms with Gasteiger partial charge in [0.25, 0.3) is 0 Å². The highest BCUT2D eigenvalue weighted by Crippen LogP contribution is 2.20. The molecule has 2 aromatic rings. The summed E-state index contributed by atoms with van der Waals surface area (Å²) in [5, 5.41) is 0.763. The molecule has 0 saturated carbocycles. The van der Waals surface area contributed by atoms with Crippen LogP contribution < -0.4 is 11.3 Å². The number of imidazole rings is 1. The number of hydrogen-bond acceptors (Lipinski definition) is 6. The van der Waals surface area contributed by atoms with Gasteiger partial charge in [-0.05, 0) is 0 Å². The van der Waals surface area contributed by atoms with Gasteiger partial charge in [0, 0.05) is 43.1 Å². The molecular formula is C10H14N6S. The van der Waals surface area contributed by atoms with Crippen LogP contribution in [0.5, 0.6) is 0 Å². The van der Waals surface area contributed by atoms with Crippen LogP contribution in [-0.4, -0.2) is 26.0 Å².